The number of methoxy groups -OCH3 is 1. The molecule has 0 heterocycles. The summed E-state index contributed by atoms with van der Waals surface area (Å²) in [5.74, 6) is 0.133. The van der Waals surface area contributed by atoms with Crippen molar-refractivity contribution < 1.29 is 22.7 Å². The SMILES string of the molecule is CCOC(=O)C(CNS(=O)(=O)c1ccc(C)cc1)Nc1ccc(OC)cc1. The molecule has 0 spiro atoms. The number of aryl methyl sites for hydroxylation is 1. The molecule has 0 bridgehead atoms. The van der Waals surface area contributed by atoms with E-state index in [9.17, 15) is 13.2 Å². The van der Waals surface area contributed by atoms with Crippen LogP contribution in [0, 0.1) is 6.92 Å². The summed E-state index contributed by atoms with van der Waals surface area (Å²) >= 11 is 0. The molecule has 0 fully saturated rings. The smallest absolute Gasteiger partial charge is 0.329 e. The molecule has 27 heavy (non-hydrogen) atoms. The second-order valence-electron chi connectivity index (χ2n) is 5.84. The number of hydrogen-bond donors (Lipinski definition) is 2. The molecule has 0 aliphatic carbocycles. The quantitative estimate of drug-likeness (QED) is 0.636. The normalized spacial score (nSPS) is 12.3. The maximum Gasteiger partial charge on any atom is 0.329 e. The fraction of sp³-hybridized carbons (Fsp3) is 0.316. The molecular formula is C19H24N2O5S. The molecule has 0 aliphatic heterocycles. The van der Waals surface area contributed by atoms with Crippen LogP contribution in [0.25, 0.3) is 0 Å². The van der Waals surface area contributed by atoms with Crippen molar-refractivity contribution in [2.24, 2.45) is 0 Å². The van der Waals surface area contributed by atoms with Crippen LogP contribution >= 0.6 is 0 Å². The lowest BCUT2D eigenvalue weighted by Gasteiger charge is -2.19. The third-order valence-electron chi connectivity index (χ3n) is 3.81. The van der Waals surface area contributed by atoms with Crippen molar-refractivity contribution in [1.29, 1.82) is 0 Å². The van der Waals surface area contributed by atoms with Crippen molar-refractivity contribution in [3.8, 4) is 5.75 Å². The third kappa shape index (κ3) is 5.97. The van der Waals surface area contributed by atoms with E-state index in [4.69, 9.17) is 9.47 Å². The standard InChI is InChI=1S/C19H24N2O5S/c1-4-26-19(22)18(21-15-7-9-16(25-3)10-8-15)13-20-27(23,24)17-11-5-14(2)6-12-17/h5-12,18,20-21H,4,13H2,1-3H3. The zero-order valence-corrected chi connectivity index (χ0v) is 16.4. The van der Waals surface area contributed by atoms with Crippen LogP contribution in [0.1, 0.15) is 12.5 Å². The van der Waals surface area contributed by atoms with E-state index in [0.29, 0.717) is 11.4 Å². The largest absolute Gasteiger partial charge is 0.497 e. The molecule has 1 atom stereocenters. The summed E-state index contributed by atoms with van der Waals surface area (Å²) in [7, 11) is -2.18. The summed E-state index contributed by atoms with van der Waals surface area (Å²) < 4.78 is 37.5. The number of sulfonamides is 1. The maximum absolute atomic E-state index is 12.5. The van der Waals surface area contributed by atoms with Crippen LogP contribution < -0.4 is 14.8 Å². The van der Waals surface area contributed by atoms with Crippen molar-refractivity contribution >= 4 is 21.7 Å². The molecule has 0 radical (unpaired) electrons. The highest BCUT2D eigenvalue weighted by molar-refractivity contribution is 7.89. The summed E-state index contributed by atoms with van der Waals surface area (Å²) in [6, 6.07) is 12.5. The fourth-order valence-electron chi connectivity index (χ4n) is 2.32. The van der Waals surface area contributed by atoms with Gasteiger partial charge in [0.15, 0.2) is 0 Å². The monoisotopic (exact) mass is 392 g/mol. The van der Waals surface area contributed by atoms with E-state index in [1.807, 2.05) is 6.92 Å². The van der Waals surface area contributed by atoms with Crippen LogP contribution in [-0.2, 0) is 19.6 Å². The van der Waals surface area contributed by atoms with E-state index in [2.05, 4.69) is 10.0 Å². The van der Waals surface area contributed by atoms with E-state index in [1.54, 1.807) is 50.4 Å². The van der Waals surface area contributed by atoms with Crippen LogP contribution in [0.2, 0.25) is 0 Å². The molecule has 7 nitrogen and oxygen atoms in total. The zero-order valence-electron chi connectivity index (χ0n) is 15.6. The van der Waals surface area contributed by atoms with E-state index in [-0.39, 0.29) is 18.0 Å². The number of nitrogens with one attached hydrogen (secondary N) is 2. The first-order valence-electron chi connectivity index (χ1n) is 8.49. The van der Waals surface area contributed by atoms with Crippen LogP contribution in [0.4, 0.5) is 5.69 Å². The second-order valence-corrected chi connectivity index (χ2v) is 7.61. The Hall–Kier alpha value is -2.58. The Morgan fingerprint density at radius 1 is 1.07 bits per heavy atom. The Morgan fingerprint density at radius 3 is 2.26 bits per heavy atom. The van der Waals surface area contributed by atoms with Crippen LogP contribution in [0.3, 0.4) is 0 Å². The maximum atomic E-state index is 12.5. The van der Waals surface area contributed by atoms with Gasteiger partial charge in [-0.25, -0.2) is 17.9 Å². The van der Waals surface area contributed by atoms with E-state index >= 15 is 0 Å². The van der Waals surface area contributed by atoms with Crippen LogP contribution in [0.15, 0.2) is 53.4 Å². The highest BCUT2D eigenvalue weighted by Gasteiger charge is 2.23. The minimum absolute atomic E-state index is 0.139. The number of ether oxygens (including phenoxy) is 2. The number of anilines is 1. The predicted molar refractivity (Wildman–Crippen MR) is 103 cm³/mol. The summed E-state index contributed by atoms with van der Waals surface area (Å²) in [5, 5.41) is 2.99. The van der Waals surface area contributed by atoms with E-state index in [0.717, 1.165) is 5.56 Å². The van der Waals surface area contributed by atoms with Crippen LogP contribution in [0.5, 0.6) is 5.75 Å². The lowest BCUT2D eigenvalue weighted by Crippen LogP contribution is -2.42. The van der Waals surface area contributed by atoms with Gasteiger partial charge in [0.2, 0.25) is 10.0 Å². The number of rotatable bonds is 9. The number of benzene rings is 2. The molecule has 2 aromatic rings. The summed E-state index contributed by atoms with van der Waals surface area (Å²) in [6.07, 6.45) is 0. The van der Waals surface area contributed by atoms with Crippen LogP contribution in [-0.4, -0.2) is 40.7 Å². The highest BCUT2D eigenvalue weighted by Crippen LogP contribution is 2.16. The number of carbonyl (C=O) groups excluding carboxylic acids is 1. The molecule has 146 valence electrons. The van der Waals surface area contributed by atoms with Crippen molar-refractivity contribution in [3.05, 3.63) is 54.1 Å². The van der Waals surface area contributed by atoms with Gasteiger partial charge < -0.3 is 14.8 Å². The Bertz CT molecular complexity index is 849. The first kappa shape index (κ1) is 20.7. The fourth-order valence-corrected chi connectivity index (χ4v) is 3.37. The lowest BCUT2D eigenvalue weighted by atomic mass is 10.2. The molecule has 2 aromatic carbocycles. The van der Waals surface area contributed by atoms with Crippen molar-refractivity contribution in [2.45, 2.75) is 24.8 Å². The first-order valence-corrected chi connectivity index (χ1v) is 9.97. The average Bonchev–Trinajstić information content (AvgIpc) is 2.66. The molecule has 2 N–H and O–H groups in total. The molecular weight excluding hydrogens is 368 g/mol. The van der Waals surface area contributed by atoms with Gasteiger partial charge in [0.05, 0.1) is 18.6 Å². The highest BCUT2D eigenvalue weighted by atomic mass is 32.2. The topological polar surface area (TPSA) is 93.7 Å². The van der Waals surface area contributed by atoms with Gasteiger partial charge in [-0.15, -0.1) is 0 Å². The van der Waals surface area contributed by atoms with Gasteiger partial charge in [0.1, 0.15) is 11.8 Å². The average molecular weight is 392 g/mol. The minimum Gasteiger partial charge on any atom is -0.497 e. The second kappa shape index (κ2) is 9.38. The van der Waals surface area contributed by atoms with Gasteiger partial charge in [-0.2, -0.15) is 0 Å². The summed E-state index contributed by atoms with van der Waals surface area (Å²) in [4.78, 5) is 12.4. The Kier molecular flexibility index (Phi) is 7.20. The van der Waals surface area contributed by atoms with E-state index < -0.39 is 22.0 Å². The molecule has 1 unspecified atom stereocenters. The van der Waals surface area contributed by atoms with Gasteiger partial charge >= 0.3 is 5.97 Å². The van der Waals surface area contributed by atoms with Crippen molar-refractivity contribution in [3.63, 3.8) is 0 Å². The Morgan fingerprint density at radius 2 is 1.70 bits per heavy atom. The molecule has 0 amide bonds. The van der Waals surface area contributed by atoms with Gasteiger partial charge in [0.25, 0.3) is 0 Å². The van der Waals surface area contributed by atoms with Crippen molar-refractivity contribution in [2.75, 3.05) is 25.6 Å². The first-order chi connectivity index (χ1) is 12.9. The molecule has 8 heteroatoms. The van der Waals surface area contributed by atoms with Crippen molar-refractivity contribution in [1.82, 2.24) is 4.72 Å². The minimum atomic E-state index is -3.74. The number of esters is 1. The molecule has 0 aromatic heterocycles. The summed E-state index contributed by atoms with van der Waals surface area (Å²) in [5.41, 5.74) is 1.60. The van der Waals surface area contributed by atoms with Gasteiger partial charge in [-0.1, -0.05) is 17.7 Å². The number of hydrogen-bond acceptors (Lipinski definition) is 6. The molecule has 0 saturated carbocycles. The number of carbonyl (C=O) groups is 1. The molecule has 0 aliphatic rings. The molecule has 2 rings (SSSR count). The predicted octanol–water partition coefficient (Wildman–Crippen LogP) is 2.33. The van der Waals surface area contributed by atoms with Gasteiger partial charge in [-0.3, -0.25) is 0 Å². The Labute approximate surface area is 159 Å². The molecule has 0 saturated heterocycles. The lowest BCUT2D eigenvalue weighted by molar-refractivity contribution is -0.143. The zero-order chi connectivity index (χ0) is 19.9. The third-order valence-corrected chi connectivity index (χ3v) is 5.25. The van der Waals surface area contributed by atoms with Gasteiger partial charge in [-0.05, 0) is 50.2 Å². The van der Waals surface area contributed by atoms with Gasteiger partial charge in [0, 0.05) is 12.2 Å². The van der Waals surface area contributed by atoms with E-state index in [1.165, 1.54) is 12.1 Å². The summed E-state index contributed by atoms with van der Waals surface area (Å²) in [6.45, 7) is 3.61. The Balaban J connectivity index is 2.11.